The van der Waals surface area contributed by atoms with Crippen LogP contribution in [0.4, 0.5) is 11.4 Å². The fourth-order valence-electron chi connectivity index (χ4n) is 3.75. The zero-order valence-corrected chi connectivity index (χ0v) is 21.1. The smallest absolute Gasteiger partial charge is 0.271 e. The maximum Gasteiger partial charge on any atom is 0.271 e. The molecular weight excluding hydrogens is 482 g/mol. The Hall–Kier alpha value is -3.92. The number of nitro groups is 1. The zero-order chi connectivity index (χ0) is 26.3. The lowest BCUT2D eigenvalue weighted by Crippen LogP contribution is -2.42. The molecule has 190 valence electrons. The minimum absolute atomic E-state index is 0.0214. The highest BCUT2D eigenvalue weighted by molar-refractivity contribution is 7.92. The highest BCUT2D eigenvalue weighted by atomic mass is 32.2. The van der Waals surface area contributed by atoms with Crippen molar-refractivity contribution < 1.29 is 22.9 Å². The van der Waals surface area contributed by atoms with Crippen LogP contribution in [0.2, 0.25) is 0 Å². The number of carbonyl (C=O) groups excluding carboxylic acids is 1. The molecule has 0 aliphatic rings. The van der Waals surface area contributed by atoms with Gasteiger partial charge in [-0.25, -0.2) is 8.42 Å². The third-order valence-corrected chi connectivity index (χ3v) is 7.30. The summed E-state index contributed by atoms with van der Waals surface area (Å²) < 4.78 is 33.1. The van der Waals surface area contributed by atoms with Gasteiger partial charge in [0.05, 0.1) is 28.7 Å². The molecule has 36 heavy (non-hydrogen) atoms. The molecule has 0 spiro atoms. The fraction of sp³-hybridized carbons (Fsp3) is 0.269. The first kappa shape index (κ1) is 26.7. The number of nitrogens with zero attached hydrogens (tertiary/aromatic N) is 2. The predicted molar refractivity (Wildman–Crippen MR) is 137 cm³/mol. The van der Waals surface area contributed by atoms with Gasteiger partial charge in [0, 0.05) is 12.1 Å². The number of benzene rings is 3. The van der Waals surface area contributed by atoms with Crippen LogP contribution >= 0.6 is 0 Å². The predicted octanol–water partition coefficient (Wildman–Crippen LogP) is 4.70. The van der Waals surface area contributed by atoms with Crippen LogP contribution in [0.1, 0.15) is 31.9 Å². The zero-order valence-electron chi connectivity index (χ0n) is 20.3. The van der Waals surface area contributed by atoms with Gasteiger partial charge < -0.3 is 10.1 Å². The molecule has 0 aromatic heterocycles. The quantitative estimate of drug-likeness (QED) is 0.294. The Bertz CT molecular complexity index is 1290. The summed E-state index contributed by atoms with van der Waals surface area (Å²) in [4.78, 5) is 23.9. The van der Waals surface area contributed by atoms with Crippen molar-refractivity contribution in [2.24, 2.45) is 5.92 Å². The summed E-state index contributed by atoms with van der Waals surface area (Å²) in [6.45, 7) is 3.50. The molecule has 0 aliphatic heterocycles. The summed E-state index contributed by atoms with van der Waals surface area (Å²) in [5.41, 5.74) is 0.593. The van der Waals surface area contributed by atoms with E-state index in [1.807, 2.05) is 26.0 Å². The Morgan fingerprint density at radius 3 is 2.28 bits per heavy atom. The van der Waals surface area contributed by atoms with Crippen molar-refractivity contribution in [2.45, 2.75) is 31.2 Å². The van der Waals surface area contributed by atoms with Crippen molar-refractivity contribution in [3.63, 3.8) is 0 Å². The van der Waals surface area contributed by atoms with Gasteiger partial charge >= 0.3 is 0 Å². The van der Waals surface area contributed by atoms with Gasteiger partial charge in [0.1, 0.15) is 12.3 Å². The van der Waals surface area contributed by atoms with E-state index in [2.05, 4.69) is 5.32 Å². The second kappa shape index (κ2) is 11.7. The second-order valence-electron chi connectivity index (χ2n) is 8.62. The maximum absolute atomic E-state index is 13.5. The fourth-order valence-corrected chi connectivity index (χ4v) is 5.19. The highest BCUT2D eigenvalue weighted by Gasteiger charge is 2.29. The monoisotopic (exact) mass is 511 g/mol. The standard InChI is InChI=1S/C26H29N3O6S/c1-19(2)16-25(20-12-14-23(35-3)15-13-20)27-26(30)18-28(21-8-7-9-22(17-21)29(31)32)36(33,34)24-10-5-4-6-11-24/h4-15,17,19,25H,16,18H2,1-3H3,(H,27,30). The number of hydrogen-bond donors (Lipinski definition) is 1. The molecule has 1 N–H and O–H groups in total. The van der Waals surface area contributed by atoms with Crippen molar-refractivity contribution >= 4 is 27.3 Å². The van der Waals surface area contributed by atoms with Crippen LogP contribution in [0.5, 0.6) is 5.75 Å². The van der Waals surface area contributed by atoms with E-state index < -0.39 is 27.4 Å². The SMILES string of the molecule is COc1ccc(C(CC(C)C)NC(=O)CN(c2cccc([N+](=O)[O-])c2)S(=O)(=O)c2ccccc2)cc1. The number of ether oxygens (including phenoxy) is 1. The number of hydrogen-bond acceptors (Lipinski definition) is 6. The van der Waals surface area contributed by atoms with E-state index in [9.17, 15) is 23.3 Å². The van der Waals surface area contributed by atoms with Crippen molar-refractivity contribution in [2.75, 3.05) is 18.0 Å². The van der Waals surface area contributed by atoms with Gasteiger partial charge in [-0.3, -0.25) is 19.2 Å². The molecule has 0 saturated heterocycles. The van der Waals surface area contributed by atoms with Crippen molar-refractivity contribution in [3.05, 3.63) is 94.5 Å². The number of methoxy groups -OCH3 is 1. The Morgan fingerprint density at radius 1 is 1.03 bits per heavy atom. The van der Waals surface area contributed by atoms with Gasteiger partial charge in [0.25, 0.3) is 15.7 Å². The first-order chi connectivity index (χ1) is 17.1. The Labute approximate surface area is 210 Å². The van der Waals surface area contributed by atoms with Crippen LogP contribution < -0.4 is 14.4 Å². The first-order valence-corrected chi connectivity index (χ1v) is 12.8. The van der Waals surface area contributed by atoms with Crippen molar-refractivity contribution in [3.8, 4) is 5.75 Å². The van der Waals surface area contributed by atoms with E-state index in [1.54, 1.807) is 37.4 Å². The van der Waals surface area contributed by atoms with Gasteiger partial charge in [0.2, 0.25) is 5.91 Å². The van der Waals surface area contributed by atoms with Gasteiger partial charge in [0.15, 0.2) is 0 Å². The minimum atomic E-state index is -4.19. The molecule has 1 amide bonds. The minimum Gasteiger partial charge on any atom is -0.497 e. The number of nitro benzene ring substituents is 1. The summed E-state index contributed by atoms with van der Waals surface area (Å²) in [5.74, 6) is 0.389. The summed E-state index contributed by atoms with van der Waals surface area (Å²) in [7, 11) is -2.62. The molecule has 10 heteroatoms. The Balaban J connectivity index is 1.95. The molecule has 3 aromatic carbocycles. The molecule has 0 aliphatic carbocycles. The van der Waals surface area contributed by atoms with E-state index in [4.69, 9.17) is 4.74 Å². The third kappa shape index (κ3) is 6.60. The van der Waals surface area contributed by atoms with Crippen molar-refractivity contribution in [1.29, 1.82) is 0 Å². The molecule has 0 fully saturated rings. The largest absolute Gasteiger partial charge is 0.497 e. The number of amides is 1. The van der Waals surface area contributed by atoms with Gasteiger partial charge in [-0.2, -0.15) is 0 Å². The molecule has 0 heterocycles. The summed E-state index contributed by atoms with van der Waals surface area (Å²) in [5, 5.41) is 14.3. The lowest BCUT2D eigenvalue weighted by atomic mass is 9.97. The average Bonchev–Trinajstić information content (AvgIpc) is 2.87. The number of carbonyl (C=O) groups is 1. The van der Waals surface area contributed by atoms with Gasteiger partial charge in [-0.1, -0.05) is 50.2 Å². The number of sulfonamides is 1. The maximum atomic E-state index is 13.5. The van der Waals surface area contributed by atoms with Crippen LogP contribution in [0.3, 0.4) is 0 Å². The molecule has 0 bridgehead atoms. The Kier molecular flexibility index (Phi) is 8.65. The van der Waals surface area contributed by atoms with Crippen LogP contribution in [0.15, 0.2) is 83.8 Å². The molecule has 3 rings (SSSR count). The molecule has 9 nitrogen and oxygen atoms in total. The lowest BCUT2D eigenvalue weighted by molar-refractivity contribution is -0.384. The van der Waals surface area contributed by atoms with Crippen LogP contribution in [-0.2, 0) is 14.8 Å². The molecule has 0 saturated carbocycles. The third-order valence-electron chi connectivity index (χ3n) is 5.51. The van der Waals surface area contributed by atoms with E-state index >= 15 is 0 Å². The normalized spacial score (nSPS) is 12.1. The van der Waals surface area contributed by atoms with Crippen LogP contribution in [0.25, 0.3) is 0 Å². The summed E-state index contributed by atoms with van der Waals surface area (Å²) >= 11 is 0. The molecule has 0 radical (unpaired) electrons. The van der Waals surface area contributed by atoms with Crippen LogP contribution in [-0.4, -0.2) is 32.9 Å². The number of nitrogens with one attached hydrogen (secondary N) is 1. The van der Waals surface area contributed by atoms with E-state index in [1.165, 1.54) is 30.3 Å². The number of non-ortho nitro benzene ring substituents is 1. The van der Waals surface area contributed by atoms with E-state index in [-0.39, 0.29) is 28.2 Å². The Morgan fingerprint density at radius 2 is 1.69 bits per heavy atom. The highest BCUT2D eigenvalue weighted by Crippen LogP contribution is 2.28. The van der Waals surface area contributed by atoms with Crippen molar-refractivity contribution in [1.82, 2.24) is 5.32 Å². The van der Waals surface area contributed by atoms with Crippen LogP contribution in [0, 0.1) is 16.0 Å². The molecule has 3 aromatic rings. The van der Waals surface area contributed by atoms with E-state index in [0.29, 0.717) is 12.2 Å². The molecular formula is C26H29N3O6S. The number of rotatable bonds is 11. The second-order valence-corrected chi connectivity index (χ2v) is 10.5. The topological polar surface area (TPSA) is 119 Å². The first-order valence-electron chi connectivity index (χ1n) is 11.4. The lowest BCUT2D eigenvalue weighted by Gasteiger charge is -2.26. The van der Waals surface area contributed by atoms with E-state index in [0.717, 1.165) is 15.9 Å². The molecule has 1 unspecified atom stereocenters. The summed E-state index contributed by atoms with van der Waals surface area (Å²) in [6.07, 6.45) is 0.625. The number of anilines is 1. The van der Waals surface area contributed by atoms with Gasteiger partial charge in [-0.05, 0) is 48.2 Å². The molecule has 1 atom stereocenters. The summed E-state index contributed by atoms with van der Waals surface area (Å²) in [6, 6.07) is 19.8. The van der Waals surface area contributed by atoms with Gasteiger partial charge in [-0.15, -0.1) is 0 Å². The average molecular weight is 512 g/mol.